The molecule has 1 amide bonds. The van der Waals surface area contributed by atoms with E-state index in [4.69, 9.17) is 11.6 Å². The van der Waals surface area contributed by atoms with E-state index in [1.807, 2.05) is 0 Å². The lowest BCUT2D eigenvalue weighted by Crippen LogP contribution is -2.31. The lowest BCUT2D eigenvalue weighted by molar-refractivity contribution is 0.102. The van der Waals surface area contributed by atoms with Crippen molar-refractivity contribution in [2.45, 2.75) is 23.7 Å². The van der Waals surface area contributed by atoms with Crippen molar-refractivity contribution in [1.29, 1.82) is 0 Å². The van der Waals surface area contributed by atoms with Crippen LogP contribution in [0.25, 0.3) is 0 Å². The lowest BCUT2D eigenvalue weighted by atomic mass is 10.2. The second-order valence-electron chi connectivity index (χ2n) is 7.00. The summed E-state index contributed by atoms with van der Waals surface area (Å²) in [6.45, 7) is 3.72. The first-order chi connectivity index (χ1) is 14.9. The van der Waals surface area contributed by atoms with Gasteiger partial charge in [-0.15, -0.1) is 16.8 Å². The van der Waals surface area contributed by atoms with Crippen molar-refractivity contribution in [3.8, 4) is 0 Å². The van der Waals surface area contributed by atoms with E-state index in [1.165, 1.54) is 39.9 Å². The number of sulfonamides is 1. The number of hydrogen-bond acceptors (Lipinski definition) is 6. The molecule has 1 saturated carbocycles. The van der Waals surface area contributed by atoms with Crippen molar-refractivity contribution in [3.63, 3.8) is 0 Å². The molecular weight excluding hydrogens is 456 g/mol. The molecule has 0 bridgehead atoms. The first-order valence-electron chi connectivity index (χ1n) is 9.52. The number of nitrogens with one attached hydrogen (secondary N) is 1. The molecule has 3 aromatic rings. The zero-order chi connectivity index (χ0) is 22.0. The number of carbonyl (C=O) groups is 1. The Balaban J connectivity index is 1.59. The van der Waals surface area contributed by atoms with Crippen LogP contribution in [-0.2, 0) is 10.0 Å². The molecule has 7 nitrogen and oxygen atoms in total. The average Bonchev–Trinajstić information content (AvgIpc) is 3.52. The Morgan fingerprint density at radius 2 is 1.97 bits per heavy atom. The number of halogens is 1. The van der Waals surface area contributed by atoms with E-state index in [9.17, 15) is 13.2 Å². The number of anilines is 2. The molecule has 2 aromatic carbocycles. The molecule has 0 spiro atoms. The SMILES string of the molecule is C=CCN(c1ccc(Cl)cc1)S(=O)(=O)c1cccc(C(=O)Nc2nnc(C3CC3)s2)c1. The second kappa shape index (κ2) is 8.78. The van der Waals surface area contributed by atoms with Crippen LogP contribution < -0.4 is 9.62 Å². The zero-order valence-electron chi connectivity index (χ0n) is 16.4. The molecule has 1 aliphatic rings. The van der Waals surface area contributed by atoms with Crippen molar-refractivity contribution in [3.05, 3.63) is 76.8 Å². The Bertz CT molecular complexity index is 1220. The quantitative estimate of drug-likeness (QED) is 0.477. The lowest BCUT2D eigenvalue weighted by Gasteiger charge is -2.23. The molecular formula is C21H19ClN4O3S2. The van der Waals surface area contributed by atoms with Crippen LogP contribution in [0.15, 0.2) is 66.1 Å². The Morgan fingerprint density at radius 1 is 1.23 bits per heavy atom. The van der Waals surface area contributed by atoms with Gasteiger partial charge in [-0.1, -0.05) is 35.1 Å². The first kappa shape index (κ1) is 21.5. The number of amides is 1. The third-order valence-corrected chi connectivity index (χ3v) is 7.72. The number of hydrogen-bond donors (Lipinski definition) is 1. The molecule has 0 saturated heterocycles. The molecule has 4 rings (SSSR count). The van der Waals surface area contributed by atoms with Gasteiger partial charge in [-0.05, 0) is 55.3 Å². The first-order valence-corrected chi connectivity index (χ1v) is 12.2. The highest BCUT2D eigenvalue weighted by atomic mass is 35.5. The van der Waals surface area contributed by atoms with Gasteiger partial charge in [0.2, 0.25) is 5.13 Å². The smallest absolute Gasteiger partial charge is 0.264 e. The monoisotopic (exact) mass is 474 g/mol. The van der Waals surface area contributed by atoms with E-state index in [1.54, 1.807) is 30.3 Å². The van der Waals surface area contributed by atoms with Gasteiger partial charge >= 0.3 is 0 Å². The maximum atomic E-state index is 13.3. The molecule has 1 N–H and O–H groups in total. The van der Waals surface area contributed by atoms with Gasteiger partial charge in [0.05, 0.1) is 17.1 Å². The molecule has 1 aromatic heterocycles. The fraction of sp³-hybridized carbons (Fsp3) is 0.190. The van der Waals surface area contributed by atoms with E-state index >= 15 is 0 Å². The summed E-state index contributed by atoms with van der Waals surface area (Å²) in [6.07, 6.45) is 3.68. The molecule has 1 aliphatic carbocycles. The van der Waals surface area contributed by atoms with Crippen LogP contribution >= 0.6 is 22.9 Å². The summed E-state index contributed by atoms with van der Waals surface area (Å²) in [4.78, 5) is 12.7. The zero-order valence-corrected chi connectivity index (χ0v) is 18.8. The number of aromatic nitrogens is 2. The second-order valence-corrected chi connectivity index (χ2v) is 10.3. The van der Waals surface area contributed by atoms with Gasteiger partial charge < -0.3 is 0 Å². The van der Waals surface area contributed by atoms with Crippen molar-refractivity contribution in [2.24, 2.45) is 0 Å². The molecule has 160 valence electrons. The summed E-state index contributed by atoms with van der Waals surface area (Å²) >= 11 is 7.27. The highest BCUT2D eigenvalue weighted by molar-refractivity contribution is 7.92. The number of benzene rings is 2. The molecule has 0 radical (unpaired) electrons. The molecule has 1 fully saturated rings. The largest absolute Gasteiger partial charge is 0.296 e. The summed E-state index contributed by atoms with van der Waals surface area (Å²) < 4.78 is 27.8. The number of nitrogens with zero attached hydrogens (tertiary/aromatic N) is 3. The van der Waals surface area contributed by atoms with E-state index in [0.717, 1.165) is 17.8 Å². The van der Waals surface area contributed by atoms with Gasteiger partial charge in [-0.2, -0.15) is 0 Å². The van der Waals surface area contributed by atoms with E-state index in [0.29, 0.717) is 21.8 Å². The maximum Gasteiger partial charge on any atom is 0.264 e. The van der Waals surface area contributed by atoms with Crippen molar-refractivity contribution < 1.29 is 13.2 Å². The van der Waals surface area contributed by atoms with E-state index in [2.05, 4.69) is 22.1 Å². The summed E-state index contributed by atoms with van der Waals surface area (Å²) in [5, 5.41) is 12.6. The van der Waals surface area contributed by atoms with Gasteiger partial charge in [-0.3, -0.25) is 14.4 Å². The average molecular weight is 475 g/mol. The predicted octanol–water partition coefficient (Wildman–Crippen LogP) is 4.70. The summed E-state index contributed by atoms with van der Waals surface area (Å²) in [7, 11) is -3.94. The molecule has 31 heavy (non-hydrogen) atoms. The summed E-state index contributed by atoms with van der Waals surface area (Å²) in [5.41, 5.74) is 0.652. The third-order valence-electron chi connectivity index (χ3n) is 4.68. The minimum atomic E-state index is -3.94. The van der Waals surface area contributed by atoms with Crippen molar-refractivity contribution in [2.75, 3.05) is 16.2 Å². The molecule has 0 aliphatic heterocycles. The Morgan fingerprint density at radius 3 is 2.65 bits per heavy atom. The van der Waals surface area contributed by atoms with Gasteiger partial charge in [0.15, 0.2) is 0 Å². The molecule has 1 heterocycles. The van der Waals surface area contributed by atoms with Crippen molar-refractivity contribution >= 4 is 49.7 Å². The topological polar surface area (TPSA) is 92.3 Å². The number of rotatable bonds is 8. The molecule has 0 atom stereocenters. The third kappa shape index (κ3) is 4.79. The van der Waals surface area contributed by atoms with Crippen LogP contribution in [0.2, 0.25) is 5.02 Å². The highest BCUT2D eigenvalue weighted by Crippen LogP contribution is 2.42. The highest BCUT2D eigenvalue weighted by Gasteiger charge is 2.28. The van der Waals surface area contributed by atoms with Crippen LogP contribution in [0.3, 0.4) is 0 Å². The molecule has 10 heteroatoms. The fourth-order valence-electron chi connectivity index (χ4n) is 2.94. The van der Waals surface area contributed by atoms with Gasteiger partial charge in [0.1, 0.15) is 5.01 Å². The van der Waals surface area contributed by atoms with Crippen LogP contribution in [0.1, 0.15) is 34.1 Å². The maximum absolute atomic E-state index is 13.3. The fourth-order valence-corrected chi connectivity index (χ4v) is 5.46. The van der Waals surface area contributed by atoms with Crippen LogP contribution in [0.5, 0.6) is 0 Å². The normalized spacial score (nSPS) is 13.6. The van der Waals surface area contributed by atoms with Crippen LogP contribution in [0, 0.1) is 0 Å². The summed E-state index contributed by atoms with van der Waals surface area (Å²) in [5.74, 6) is -0.00218. The van der Waals surface area contributed by atoms with Gasteiger partial charge in [0, 0.05) is 16.5 Å². The summed E-state index contributed by atoms with van der Waals surface area (Å²) in [6, 6.07) is 12.4. The predicted molar refractivity (Wildman–Crippen MR) is 122 cm³/mol. The Kier molecular flexibility index (Phi) is 6.08. The van der Waals surface area contributed by atoms with E-state index in [-0.39, 0.29) is 17.0 Å². The minimum absolute atomic E-state index is 0.00659. The Labute approximate surface area is 189 Å². The van der Waals surface area contributed by atoms with Crippen LogP contribution in [0.4, 0.5) is 10.8 Å². The molecule has 0 unspecified atom stereocenters. The van der Waals surface area contributed by atoms with Crippen LogP contribution in [-0.4, -0.2) is 31.1 Å². The Hall–Kier alpha value is -2.75. The van der Waals surface area contributed by atoms with Gasteiger partial charge in [-0.25, -0.2) is 8.42 Å². The minimum Gasteiger partial charge on any atom is -0.296 e. The number of carbonyl (C=O) groups excluding carboxylic acids is 1. The van der Waals surface area contributed by atoms with E-state index < -0.39 is 15.9 Å². The van der Waals surface area contributed by atoms with Gasteiger partial charge in [0.25, 0.3) is 15.9 Å². The standard InChI is InChI=1S/C21H19ClN4O3S2/c1-2-12-26(17-10-8-16(22)9-11-17)31(28,29)18-5-3-4-15(13-18)19(27)23-21-25-24-20(30-21)14-6-7-14/h2-5,8-11,13-14H,1,6-7,12H2,(H,23,25,27). The van der Waals surface area contributed by atoms with Crippen molar-refractivity contribution in [1.82, 2.24) is 10.2 Å².